The number of benzene rings is 1. The molecule has 1 rings (SSSR count). The van der Waals surface area contributed by atoms with Crippen LogP contribution in [0, 0.1) is 6.92 Å². The van der Waals surface area contributed by atoms with Crippen molar-refractivity contribution >= 4 is 15.7 Å². The van der Waals surface area contributed by atoms with Gasteiger partial charge in [0.15, 0.2) is 0 Å². The summed E-state index contributed by atoms with van der Waals surface area (Å²) in [4.78, 5) is 0. The Morgan fingerprint density at radius 1 is 1.12 bits per heavy atom. The van der Waals surface area contributed by atoms with E-state index < -0.39 is 27.4 Å². The molecule has 0 aromatic heterocycles. The molecule has 0 bridgehead atoms. The minimum atomic E-state index is -3.46. The van der Waals surface area contributed by atoms with Crippen LogP contribution < -0.4 is 0 Å². The van der Waals surface area contributed by atoms with Crippen molar-refractivity contribution in [2.45, 2.75) is 52.2 Å². The third-order valence-corrected chi connectivity index (χ3v) is 7.13. The first-order valence-corrected chi connectivity index (χ1v) is 13.6. The Bertz CT molecular complexity index is 568. The third-order valence-electron chi connectivity index (χ3n) is 3.52. The van der Waals surface area contributed by atoms with Crippen LogP contribution in [0.15, 0.2) is 36.0 Å². The fourth-order valence-electron chi connectivity index (χ4n) is 2.30. The van der Waals surface area contributed by atoms with Gasteiger partial charge in [0.05, 0.1) is 27.4 Å². The van der Waals surface area contributed by atoms with E-state index in [1.165, 1.54) is 0 Å². The number of aliphatic hydroxyl groups is 1. The molecule has 1 aromatic carbocycles. The van der Waals surface area contributed by atoms with Gasteiger partial charge >= 0.3 is 7.60 Å². The van der Waals surface area contributed by atoms with E-state index in [1.807, 2.05) is 37.3 Å². The molecule has 0 unspecified atom stereocenters. The van der Waals surface area contributed by atoms with Gasteiger partial charge in [-0.25, -0.2) is 0 Å². The van der Waals surface area contributed by atoms with Gasteiger partial charge in [0.2, 0.25) is 0 Å². The smallest absolute Gasteiger partial charge is 0.340 e. The Balaban J connectivity index is 3.28. The van der Waals surface area contributed by atoms with Crippen LogP contribution in [0.4, 0.5) is 0 Å². The first-order chi connectivity index (χ1) is 11.1. The summed E-state index contributed by atoms with van der Waals surface area (Å²) in [6.07, 6.45) is 0.894. The molecule has 1 N–H and O–H groups in total. The highest BCUT2D eigenvalue weighted by molar-refractivity contribution is 7.55. The van der Waals surface area contributed by atoms with Gasteiger partial charge < -0.3 is 14.2 Å². The fraction of sp³-hybridized carbons (Fsp3) is 0.556. The molecular weight excluding hydrogens is 339 g/mol. The van der Waals surface area contributed by atoms with E-state index in [2.05, 4.69) is 25.3 Å². The van der Waals surface area contributed by atoms with Crippen molar-refractivity contribution in [1.82, 2.24) is 0 Å². The molecular formula is C18H31O4PSi. The Labute approximate surface area is 147 Å². The molecule has 4 nitrogen and oxygen atoms in total. The number of rotatable bonds is 9. The molecule has 0 saturated carbocycles. The molecule has 0 aliphatic heterocycles. The van der Waals surface area contributed by atoms with Crippen LogP contribution in [0.25, 0.3) is 0 Å². The average Bonchev–Trinajstić information content (AvgIpc) is 2.47. The maximum atomic E-state index is 13.3. The number of aryl methyl sites for hydroxylation is 1. The second-order valence-electron chi connectivity index (χ2n) is 6.95. The zero-order valence-corrected chi connectivity index (χ0v) is 17.5. The van der Waals surface area contributed by atoms with Crippen LogP contribution in [0.1, 0.15) is 31.1 Å². The van der Waals surface area contributed by atoms with Crippen molar-refractivity contribution in [2.24, 2.45) is 0 Å². The van der Waals surface area contributed by atoms with Crippen LogP contribution in [0.3, 0.4) is 0 Å². The van der Waals surface area contributed by atoms with Crippen LogP contribution in [-0.4, -0.2) is 32.1 Å². The SMILES string of the molecule is CCOP(=O)(OCC)[C@H](/C=C/[Si](C)(C)C)[C@@H](O)c1ccc(C)cc1. The first kappa shape index (κ1) is 21.3. The molecule has 0 aliphatic rings. The highest BCUT2D eigenvalue weighted by atomic mass is 31.2. The van der Waals surface area contributed by atoms with E-state index in [0.717, 1.165) is 5.56 Å². The molecule has 6 heteroatoms. The molecule has 136 valence electrons. The van der Waals surface area contributed by atoms with Gasteiger partial charge in [-0.1, -0.05) is 61.2 Å². The van der Waals surface area contributed by atoms with E-state index >= 15 is 0 Å². The molecule has 0 saturated heterocycles. The molecule has 1 aromatic rings. The predicted molar refractivity (Wildman–Crippen MR) is 103 cm³/mol. The minimum Gasteiger partial charge on any atom is -0.387 e. The van der Waals surface area contributed by atoms with E-state index in [4.69, 9.17) is 9.05 Å². The highest BCUT2D eigenvalue weighted by Crippen LogP contribution is 2.57. The van der Waals surface area contributed by atoms with Crippen LogP contribution in [0.5, 0.6) is 0 Å². The molecule has 0 amide bonds. The van der Waals surface area contributed by atoms with Crippen molar-refractivity contribution in [3.63, 3.8) is 0 Å². The van der Waals surface area contributed by atoms with Gasteiger partial charge in [-0.05, 0) is 26.3 Å². The van der Waals surface area contributed by atoms with E-state index in [1.54, 1.807) is 13.8 Å². The van der Waals surface area contributed by atoms with Gasteiger partial charge in [0, 0.05) is 0 Å². The molecule has 0 fully saturated rings. The van der Waals surface area contributed by atoms with Crippen LogP contribution in [0.2, 0.25) is 19.6 Å². The van der Waals surface area contributed by atoms with Crippen molar-refractivity contribution in [3.8, 4) is 0 Å². The Morgan fingerprint density at radius 3 is 2.04 bits per heavy atom. The maximum absolute atomic E-state index is 13.3. The third kappa shape index (κ3) is 6.30. The molecule has 24 heavy (non-hydrogen) atoms. The minimum absolute atomic E-state index is 0.273. The molecule has 0 radical (unpaired) electrons. The van der Waals surface area contributed by atoms with Crippen molar-refractivity contribution in [3.05, 3.63) is 47.2 Å². The first-order valence-electron chi connectivity index (χ1n) is 8.45. The summed E-state index contributed by atoms with van der Waals surface area (Å²) in [7, 11) is -4.99. The molecule has 0 aliphatic carbocycles. The lowest BCUT2D eigenvalue weighted by molar-refractivity contribution is 0.152. The van der Waals surface area contributed by atoms with E-state index in [9.17, 15) is 9.67 Å². The van der Waals surface area contributed by atoms with Gasteiger partial charge in [-0.3, -0.25) is 4.57 Å². The van der Waals surface area contributed by atoms with E-state index in [-0.39, 0.29) is 13.2 Å². The fourth-order valence-corrected chi connectivity index (χ4v) is 5.20. The summed E-state index contributed by atoms with van der Waals surface area (Å²) < 4.78 is 24.3. The predicted octanol–water partition coefficient (Wildman–Crippen LogP) is 5.10. The summed E-state index contributed by atoms with van der Waals surface area (Å²) in [5.41, 5.74) is 3.19. The maximum Gasteiger partial charge on any atom is 0.340 e. The monoisotopic (exact) mass is 370 g/mol. The van der Waals surface area contributed by atoms with Crippen molar-refractivity contribution < 1.29 is 18.7 Å². The van der Waals surface area contributed by atoms with Crippen molar-refractivity contribution in [1.29, 1.82) is 0 Å². The van der Waals surface area contributed by atoms with Gasteiger partial charge in [-0.2, -0.15) is 0 Å². The van der Waals surface area contributed by atoms with Crippen molar-refractivity contribution in [2.75, 3.05) is 13.2 Å². The van der Waals surface area contributed by atoms with E-state index in [0.29, 0.717) is 5.56 Å². The quantitative estimate of drug-likeness (QED) is 0.485. The Kier molecular flexibility index (Phi) is 8.10. The largest absolute Gasteiger partial charge is 0.387 e. The summed E-state index contributed by atoms with van der Waals surface area (Å²) in [5, 5.41) is 10.9. The second kappa shape index (κ2) is 9.11. The standard InChI is InChI=1S/C18H31O4PSi/c1-7-21-23(20,22-8-2)17(13-14-24(4,5)6)18(19)16-11-9-15(3)10-12-16/h9-14,17-19H,7-8H2,1-6H3/b14-13+/t17-,18+/m1/s1. The van der Waals surface area contributed by atoms with Crippen LogP contribution in [-0.2, 0) is 13.6 Å². The summed E-state index contributed by atoms with van der Waals surface area (Å²) >= 11 is 0. The molecule has 0 spiro atoms. The van der Waals surface area contributed by atoms with Gasteiger partial charge in [-0.15, -0.1) is 0 Å². The summed E-state index contributed by atoms with van der Waals surface area (Å²) in [6.45, 7) is 12.7. The number of aliphatic hydroxyl groups excluding tert-OH is 1. The lowest BCUT2D eigenvalue weighted by Crippen LogP contribution is -2.23. The topological polar surface area (TPSA) is 55.8 Å². The zero-order valence-electron chi connectivity index (χ0n) is 15.7. The normalized spacial score (nSPS) is 15.6. The Morgan fingerprint density at radius 2 is 1.62 bits per heavy atom. The second-order valence-corrected chi connectivity index (χ2v) is 14.2. The number of hydrogen-bond acceptors (Lipinski definition) is 4. The lowest BCUT2D eigenvalue weighted by atomic mass is 10.0. The number of hydrogen-bond donors (Lipinski definition) is 1. The van der Waals surface area contributed by atoms with Gasteiger partial charge in [0.25, 0.3) is 0 Å². The lowest BCUT2D eigenvalue weighted by Gasteiger charge is -2.28. The molecule has 2 atom stereocenters. The zero-order chi connectivity index (χ0) is 18.4. The molecule has 0 heterocycles. The van der Waals surface area contributed by atoms with Crippen LogP contribution >= 0.6 is 7.60 Å². The summed E-state index contributed by atoms with van der Waals surface area (Å²) in [6, 6.07) is 7.59. The summed E-state index contributed by atoms with van der Waals surface area (Å²) in [5.74, 6) is 0. The highest BCUT2D eigenvalue weighted by Gasteiger charge is 2.39. The Hall–Kier alpha value is -0.713. The van der Waals surface area contributed by atoms with Gasteiger partial charge in [0.1, 0.15) is 5.66 Å². The average molecular weight is 371 g/mol.